The van der Waals surface area contributed by atoms with Gasteiger partial charge in [-0.25, -0.2) is 14.8 Å². The number of nitrogens with one attached hydrogen (secondary N) is 4. The van der Waals surface area contributed by atoms with Crippen LogP contribution in [0, 0.1) is 0 Å². The zero-order valence-electron chi connectivity index (χ0n) is 21.3. The van der Waals surface area contributed by atoms with E-state index in [-0.39, 0.29) is 17.7 Å². The van der Waals surface area contributed by atoms with Crippen molar-refractivity contribution in [2.24, 2.45) is 0 Å². The number of imidazole rings is 2. The van der Waals surface area contributed by atoms with Gasteiger partial charge in [-0.05, 0) is 57.0 Å². The smallest absolute Gasteiger partial charge is 0.344 e. The van der Waals surface area contributed by atoms with Gasteiger partial charge in [0.1, 0.15) is 29.6 Å². The summed E-state index contributed by atoms with van der Waals surface area (Å²) in [6, 6.07) is 12.4. The quantitative estimate of drug-likeness (QED) is 0.247. The molecule has 5 aromatic rings. The third-order valence-corrected chi connectivity index (χ3v) is 8.23. The van der Waals surface area contributed by atoms with E-state index in [1.807, 2.05) is 48.8 Å². The molecule has 2 atom stereocenters. The topological polar surface area (TPSA) is 121 Å². The van der Waals surface area contributed by atoms with Crippen LogP contribution in [0.25, 0.3) is 44.6 Å². The minimum atomic E-state index is -0.358. The second-order valence-corrected chi connectivity index (χ2v) is 10.6. The Balaban J connectivity index is 1.13. The van der Waals surface area contributed by atoms with Crippen molar-refractivity contribution in [3.8, 4) is 39.4 Å². The molecule has 3 aliphatic rings. The highest BCUT2D eigenvalue weighted by atomic mass is 16.5. The Hall–Kier alpha value is -4.21. The van der Waals surface area contributed by atoms with Gasteiger partial charge < -0.3 is 29.8 Å². The van der Waals surface area contributed by atoms with Crippen LogP contribution in [-0.2, 0) is 6.61 Å². The zero-order valence-corrected chi connectivity index (χ0v) is 21.3. The minimum absolute atomic E-state index is 0.265. The third-order valence-electron chi connectivity index (χ3n) is 8.23. The zero-order chi connectivity index (χ0) is 25.9. The van der Waals surface area contributed by atoms with Crippen LogP contribution in [0.4, 0.5) is 0 Å². The van der Waals surface area contributed by atoms with E-state index >= 15 is 0 Å². The van der Waals surface area contributed by atoms with Crippen molar-refractivity contribution < 1.29 is 9.15 Å². The standard InChI is InChI=1S/C30H28N6O3/c37-30-27-19-8-6-16(23-13-33-28(35-23)21-3-1-9-31-21)11-25(19)38-15-20(27)18-7-5-17(12-26(18)39-30)24-14-34-29(36-24)22-4-2-10-32-22/h5-8,11-14,21-22,31-32H,1-4,9-10,15H2,(H,33,35)(H,34,36)/t21-,22-/m0/s1. The van der Waals surface area contributed by atoms with Crippen LogP contribution in [0.15, 0.2) is 58.0 Å². The Labute approximate surface area is 224 Å². The highest BCUT2D eigenvalue weighted by molar-refractivity contribution is 5.91. The fraction of sp³-hybridized carbons (Fsp3) is 0.300. The molecule has 9 nitrogen and oxygen atoms in total. The summed E-state index contributed by atoms with van der Waals surface area (Å²) in [6.45, 7) is 2.34. The van der Waals surface area contributed by atoms with E-state index in [9.17, 15) is 4.79 Å². The maximum Gasteiger partial charge on any atom is 0.344 e. The van der Waals surface area contributed by atoms with Gasteiger partial charge in [0, 0.05) is 27.6 Å². The van der Waals surface area contributed by atoms with E-state index in [1.165, 1.54) is 0 Å². The van der Waals surface area contributed by atoms with Crippen LogP contribution in [0.2, 0.25) is 0 Å². The minimum Gasteiger partial charge on any atom is -0.488 e. The second kappa shape index (κ2) is 8.93. The highest BCUT2D eigenvalue weighted by Gasteiger charge is 2.26. The molecule has 2 fully saturated rings. The molecule has 0 radical (unpaired) electrons. The van der Waals surface area contributed by atoms with E-state index in [1.54, 1.807) is 0 Å². The molecule has 0 aliphatic carbocycles. The Bertz CT molecular complexity index is 1770. The lowest BCUT2D eigenvalue weighted by atomic mass is 9.94. The van der Waals surface area contributed by atoms with Gasteiger partial charge in [-0.3, -0.25) is 0 Å². The number of aromatic amines is 2. The van der Waals surface area contributed by atoms with Gasteiger partial charge in [0.15, 0.2) is 0 Å². The Kier molecular flexibility index (Phi) is 5.21. The van der Waals surface area contributed by atoms with Gasteiger partial charge in [-0.2, -0.15) is 0 Å². The third kappa shape index (κ3) is 3.80. The van der Waals surface area contributed by atoms with E-state index < -0.39 is 0 Å². The Morgan fingerprint density at radius 3 is 2.15 bits per heavy atom. The number of fused-ring (bicyclic) bond motifs is 5. The van der Waals surface area contributed by atoms with E-state index in [2.05, 4.69) is 30.6 Å². The number of hydrogen-bond donors (Lipinski definition) is 4. The van der Waals surface area contributed by atoms with Crippen molar-refractivity contribution in [3.63, 3.8) is 0 Å². The molecule has 9 heteroatoms. The van der Waals surface area contributed by atoms with E-state index in [0.29, 0.717) is 23.5 Å². The molecule has 3 aromatic heterocycles. The maximum atomic E-state index is 13.3. The number of nitrogens with zero attached hydrogens (tertiary/aromatic N) is 2. The van der Waals surface area contributed by atoms with E-state index in [4.69, 9.17) is 9.15 Å². The monoisotopic (exact) mass is 520 g/mol. The van der Waals surface area contributed by atoms with Gasteiger partial charge in [0.25, 0.3) is 0 Å². The second-order valence-electron chi connectivity index (χ2n) is 10.6. The van der Waals surface area contributed by atoms with Crippen molar-refractivity contribution in [2.75, 3.05) is 13.1 Å². The lowest BCUT2D eigenvalue weighted by molar-refractivity contribution is 0.302. The number of benzene rings is 2. The molecular weight excluding hydrogens is 492 g/mol. The number of hydrogen-bond acceptors (Lipinski definition) is 7. The molecule has 0 bridgehead atoms. The Morgan fingerprint density at radius 2 is 1.49 bits per heavy atom. The summed E-state index contributed by atoms with van der Waals surface area (Å²) in [6.07, 6.45) is 8.19. The fourth-order valence-electron chi connectivity index (χ4n) is 6.18. The largest absolute Gasteiger partial charge is 0.488 e. The van der Waals surface area contributed by atoms with Crippen molar-refractivity contribution in [1.82, 2.24) is 30.6 Å². The maximum absolute atomic E-state index is 13.3. The predicted octanol–water partition coefficient (Wildman–Crippen LogP) is 4.98. The van der Waals surface area contributed by atoms with Crippen LogP contribution in [0.1, 0.15) is 55.0 Å². The molecule has 196 valence electrons. The lowest BCUT2D eigenvalue weighted by Crippen LogP contribution is -2.15. The molecule has 3 aliphatic heterocycles. The van der Waals surface area contributed by atoms with Crippen molar-refractivity contribution in [3.05, 3.63) is 76.4 Å². The first-order chi connectivity index (χ1) is 19.2. The molecule has 2 aromatic carbocycles. The molecule has 0 unspecified atom stereocenters. The number of ether oxygens (including phenoxy) is 1. The van der Waals surface area contributed by atoms with Crippen molar-refractivity contribution in [1.29, 1.82) is 0 Å². The average Bonchev–Trinajstić information content (AvgIpc) is 3.78. The first kappa shape index (κ1) is 22.7. The van der Waals surface area contributed by atoms with Gasteiger partial charge >= 0.3 is 5.63 Å². The molecular formula is C30H28N6O3. The van der Waals surface area contributed by atoms with Crippen LogP contribution in [-0.4, -0.2) is 33.0 Å². The summed E-state index contributed by atoms with van der Waals surface area (Å²) < 4.78 is 12.1. The first-order valence-corrected chi connectivity index (χ1v) is 13.7. The number of aromatic nitrogens is 4. The van der Waals surface area contributed by atoms with Crippen molar-refractivity contribution in [2.45, 2.75) is 44.4 Å². The average molecular weight is 521 g/mol. The molecule has 6 heterocycles. The summed E-state index contributed by atoms with van der Waals surface area (Å²) in [5.41, 5.74) is 6.08. The molecule has 0 spiro atoms. The SMILES string of the molecule is O=c1oc2cc(-c3cnc([C@@H]4CCCN4)[nH]3)ccc2c2c1-c1ccc(-c3cnc([C@@H]4CCCN4)[nH]3)cc1OC2. The molecule has 39 heavy (non-hydrogen) atoms. The van der Waals surface area contributed by atoms with Gasteiger partial charge in [-0.1, -0.05) is 18.2 Å². The molecule has 0 saturated carbocycles. The van der Waals surface area contributed by atoms with Crippen molar-refractivity contribution >= 4 is 11.0 Å². The van der Waals surface area contributed by atoms with Gasteiger partial charge in [0.05, 0.1) is 41.4 Å². The normalized spacial score (nSPS) is 20.2. The van der Waals surface area contributed by atoms with Crippen LogP contribution >= 0.6 is 0 Å². The number of rotatable bonds is 4. The first-order valence-electron chi connectivity index (χ1n) is 13.7. The number of H-pyrrole nitrogens is 2. The summed E-state index contributed by atoms with van der Waals surface area (Å²) in [5.74, 6) is 2.57. The molecule has 0 amide bonds. The van der Waals surface area contributed by atoms with E-state index in [0.717, 1.165) is 89.4 Å². The molecule has 2 saturated heterocycles. The lowest BCUT2D eigenvalue weighted by Gasteiger charge is -2.21. The molecule has 8 rings (SSSR count). The summed E-state index contributed by atoms with van der Waals surface area (Å²) in [7, 11) is 0. The highest BCUT2D eigenvalue weighted by Crippen LogP contribution is 2.41. The fourth-order valence-corrected chi connectivity index (χ4v) is 6.18. The van der Waals surface area contributed by atoms with Crippen LogP contribution in [0.5, 0.6) is 5.75 Å². The summed E-state index contributed by atoms with van der Waals surface area (Å²) in [5, 5.41) is 7.82. The van der Waals surface area contributed by atoms with Gasteiger partial charge in [0.2, 0.25) is 0 Å². The van der Waals surface area contributed by atoms with Crippen LogP contribution < -0.4 is 21.0 Å². The predicted molar refractivity (Wildman–Crippen MR) is 147 cm³/mol. The summed E-state index contributed by atoms with van der Waals surface area (Å²) >= 11 is 0. The van der Waals surface area contributed by atoms with Crippen LogP contribution in [0.3, 0.4) is 0 Å². The molecule has 4 N–H and O–H groups in total. The van der Waals surface area contributed by atoms with Gasteiger partial charge in [-0.15, -0.1) is 0 Å². The summed E-state index contributed by atoms with van der Waals surface area (Å²) in [4.78, 5) is 29.3. The Morgan fingerprint density at radius 1 is 0.821 bits per heavy atom.